The van der Waals surface area contributed by atoms with E-state index in [9.17, 15) is 29.4 Å². The molecule has 0 radical (unpaired) electrons. The van der Waals surface area contributed by atoms with Crippen molar-refractivity contribution < 1.29 is 19.8 Å². The van der Waals surface area contributed by atoms with Gasteiger partial charge in [0.05, 0.1) is 34.2 Å². The Balaban J connectivity index is 1.04. The number of nitrogens with one attached hydrogen (secondary N) is 4. The summed E-state index contributed by atoms with van der Waals surface area (Å²) < 4.78 is 3.35. The van der Waals surface area contributed by atoms with Gasteiger partial charge in [-0.3, -0.25) is 19.2 Å². The predicted molar refractivity (Wildman–Crippen MR) is 301 cm³/mol. The number of anilines is 2. The molecule has 6 N–H and O–H groups in total. The van der Waals surface area contributed by atoms with E-state index in [-0.39, 0.29) is 49.2 Å². The SMILES string of the molecule is Cc1c(O)c(=O)ccn1CCC(=O)Nc1ccc(-c2c3nc(c(-c4ccc(NC(=O)CCn5ccc(=O)c(O)c5C)cc4)c4ccc([nH]4)c(-c4ccccc4)c4nc(c(-c5ccccc5)c5ccc2[nH]5)C=C4)C=C3)cc1. The molecule has 76 heavy (non-hydrogen) atoms. The monoisotopic (exact) mass is 1000 g/mol. The molecule has 7 heterocycles. The van der Waals surface area contributed by atoms with Crippen molar-refractivity contribution in [3.8, 4) is 56.0 Å². The Hall–Kier alpha value is -10.1. The molecule has 0 saturated heterocycles. The van der Waals surface area contributed by atoms with Gasteiger partial charge in [-0.2, -0.15) is 0 Å². The molecule has 11 rings (SSSR count). The van der Waals surface area contributed by atoms with Crippen LogP contribution in [0.1, 0.15) is 47.0 Å². The van der Waals surface area contributed by atoms with Gasteiger partial charge in [-0.1, -0.05) is 84.9 Å². The summed E-state index contributed by atoms with van der Waals surface area (Å²) in [6, 6.07) is 46.5. The molecule has 2 amide bonds. The lowest BCUT2D eigenvalue weighted by molar-refractivity contribution is -0.117. The maximum atomic E-state index is 13.2. The Labute approximate surface area is 435 Å². The second kappa shape index (κ2) is 20.4. The highest BCUT2D eigenvalue weighted by atomic mass is 16.3. The van der Waals surface area contributed by atoms with Gasteiger partial charge in [-0.25, -0.2) is 9.97 Å². The average Bonchev–Trinajstić information content (AvgIpc) is 4.31. The maximum absolute atomic E-state index is 13.2. The van der Waals surface area contributed by atoms with Gasteiger partial charge < -0.3 is 39.9 Å². The van der Waals surface area contributed by atoms with E-state index < -0.39 is 10.9 Å². The lowest BCUT2D eigenvalue weighted by Gasteiger charge is -2.12. The zero-order valence-corrected chi connectivity index (χ0v) is 41.5. The zero-order chi connectivity index (χ0) is 52.5. The van der Waals surface area contributed by atoms with Gasteiger partial charge in [0.2, 0.25) is 22.7 Å². The number of hydrogen-bond donors (Lipinski definition) is 6. The van der Waals surface area contributed by atoms with E-state index in [0.29, 0.717) is 34.2 Å². The minimum Gasteiger partial charge on any atom is -0.503 e. The molecule has 2 aliphatic rings. The number of aromatic nitrogens is 6. The Morgan fingerprint density at radius 3 is 1.09 bits per heavy atom. The van der Waals surface area contributed by atoms with E-state index in [1.807, 2.05) is 97.1 Å². The summed E-state index contributed by atoms with van der Waals surface area (Å²) in [5.41, 5.74) is 14.4. The molecule has 374 valence electrons. The lowest BCUT2D eigenvalue weighted by atomic mass is 10.0. The first-order valence-corrected chi connectivity index (χ1v) is 24.8. The number of fused-ring (bicyclic) bond motifs is 8. The van der Waals surface area contributed by atoms with E-state index in [1.165, 1.54) is 12.1 Å². The molecule has 0 saturated carbocycles. The number of hydrogen-bond acceptors (Lipinski definition) is 8. The molecular weight excluding hydrogens is 953 g/mol. The van der Waals surface area contributed by atoms with Crippen molar-refractivity contribution in [1.29, 1.82) is 0 Å². The van der Waals surface area contributed by atoms with Crippen molar-refractivity contribution in [2.75, 3.05) is 10.6 Å². The van der Waals surface area contributed by atoms with Crippen LogP contribution in [0.5, 0.6) is 11.5 Å². The summed E-state index contributed by atoms with van der Waals surface area (Å²) in [5, 5.41) is 26.3. The number of amides is 2. The Morgan fingerprint density at radius 1 is 0.447 bits per heavy atom. The molecule has 4 aromatic carbocycles. The maximum Gasteiger partial charge on any atom is 0.226 e. The number of H-pyrrole nitrogens is 2. The molecule has 0 unspecified atom stereocenters. The second-order valence-electron chi connectivity index (χ2n) is 18.6. The van der Waals surface area contributed by atoms with Gasteiger partial charge >= 0.3 is 0 Å². The van der Waals surface area contributed by atoms with Gasteiger partial charge in [0.1, 0.15) is 0 Å². The van der Waals surface area contributed by atoms with Crippen molar-refractivity contribution in [2.24, 2.45) is 0 Å². The summed E-state index contributed by atoms with van der Waals surface area (Å²) in [4.78, 5) is 68.6. The number of benzene rings is 4. The quantitative estimate of drug-likeness (QED) is 0.0694. The van der Waals surface area contributed by atoms with Gasteiger partial charge in [0, 0.05) is 106 Å². The Bertz CT molecular complexity index is 3850. The number of pyridine rings is 2. The predicted octanol–water partition coefficient (Wildman–Crippen LogP) is 11.7. The van der Waals surface area contributed by atoms with Crippen LogP contribution in [0.4, 0.5) is 11.4 Å². The minimum absolute atomic E-state index is 0.115. The average molecular weight is 1000 g/mol. The summed E-state index contributed by atoms with van der Waals surface area (Å²) in [7, 11) is 0. The first-order chi connectivity index (χ1) is 36.9. The van der Waals surface area contributed by atoms with Crippen LogP contribution in [0.2, 0.25) is 0 Å². The van der Waals surface area contributed by atoms with Crippen LogP contribution in [0.25, 0.3) is 90.9 Å². The molecule has 14 heteroatoms. The lowest BCUT2D eigenvalue weighted by Crippen LogP contribution is -2.16. The summed E-state index contributed by atoms with van der Waals surface area (Å²) in [6.45, 7) is 3.82. The largest absolute Gasteiger partial charge is 0.503 e. The molecule has 0 atom stereocenters. The van der Waals surface area contributed by atoms with Crippen LogP contribution in [0, 0.1) is 13.8 Å². The van der Waals surface area contributed by atoms with Crippen molar-refractivity contribution in [3.05, 3.63) is 213 Å². The molecule has 0 fully saturated rings. The number of carbonyl (C=O) groups excluding carboxylic acids is 2. The van der Waals surface area contributed by atoms with Crippen LogP contribution >= 0.6 is 0 Å². The fourth-order valence-corrected chi connectivity index (χ4v) is 9.77. The third kappa shape index (κ3) is 9.65. The second-order valence-corrected chi connectivity index (χ2v) is 18.6. The van der Waals surface area contributed by atoms with Crippen LogP contribution < -0.4 is 21.5 Å². The smallest absolute Gasteiger partial charge is 0.226 e. The van der Waals surface area contributed by atoms with Crippen molar-refractivity contribution in [1.82, 2.24) is 29.1 Å². The van der Waals surface area contributed by atoms with E-state index in [1.54, 1.807) is 35.4 Å². The van der Waals surface area contributed by atoms with E-state index >= 15 is 0 Å². The molecule has 9 aromatic rings. The zero-order valence-electron chi connectivity index (χ0n) is 41.5. The molecule has 14 nitrogen and oxygen atoms in total. The van der Waals surface area contributed by atoms with Gasteiger partial charge in [-0.15, -0.1) is 0 Å². The first-order valence-electron chi connectivity index (χ1n) is 24.8. The van der Waals surface area contributed by atoms with E-state index in [0.717, 1.165) is 78.0 Å². The fraction of sp³-hybridized carbons (Fsp3) is 0.0968. The molecular formula is C62H50N8O6. The minimum atomic E-state index is -0.466. The van der Waals surface area contributed by atoms with E-state index in [2.05, 4.69) is 81.3 Å². The van der Waals surface area contributed by atoms with E-state index in [4.69, 9.17) is 9.97 Å². The number of aromatic hydroxyl groups is 2. The van der Waals surface area contributed by atoms with Gasteiger partial charge in [0.25, 0.3) is 0 Å². The Kier molecular flexibility index (Phi) is 13.0. The topological polar surface area (TPSA) is 200 Å². The molecule has 2 aliphatic heterocycles. The number of carbonyl (C=O) groups is 2. The first kappa shape index (κ1) is 48.2. The van der Waals surface area contributed by atoms with Crippen LogP contribution in [-0.4, -0.2) is 51.1 Å². The molecule has 0 aliphatic carbocycles. The normalized spacial score (nSPS) is 11.7. The molecule has 5 aromatic heterocycles. The third-order valence-electron chi connectivity index (χ3n) is 13.8. The number of nitrogens with zero attached hydrogens (tertiary/aromatic N) is 4. The van der Waals surface area contributed by atoms with Crippen molar-refractivity contribution in [3.63, 3.8) is 0 Å². The molecule has 0 spiro atoms. The number of rotatable bonds is 12. The highest BCUT2D eigenvalue weighted by molar-refractivity contribution is 6.00. The van der Waals surface area contributed by atoms with Crippen molar-refractivity contribution in [2.45, 2.75) is 39.8 Å². The van der Waals surface area contributed by atoms with Crippen LogP contribution in [0.3, 0.4) is 0 Å². The summed E-state index contributed by atoms with van der Waals surface area (Å²) >= 11 is 0. The number of aryl methyl sites for hydroxylation is 2. The number of aromatic amines is 2. The molecule has 8 bridgehead atoms. The highest BCUT2D eigenvalue weighted by Gasteiger charge is 2.20. The Morgan fingerprint density at radius 2 is 0.763 bits per heavy atom. The summed E-state index contributed by atoms with van der Waals surface area (Å²) in [6.07, 6.45) is 11.5. The fourth-order valence-electron chi connectivity index (χ4n) is 9.77. The standard InChI is InChI=1S/C62H50N8O6/c1-37-61(75)53(71)29-33-69(37)35-31-55(73)63-43-17-13-41(14-18-43)59-49-25-23-47(66-49)57(39-9-5-3-6-10-39)45-21-22-46(65-45)58(40-11-7-4-8-12-40)48-24-26-50(67-48)60(52-28-27-51(59)68-52)42-15-19-44(20-16-42)64-56(74)32-36-70-34-30-54(72)62(76)38(70)2/h3-30,33-34,66-67,75-76H,31-32,35-36H2,1-2H3,(H,63,73)(H,64,74). The van der Waals surface area contributed by atoms with Crippen molar-refractivity contribution >= 4 is 69.6 Å². The van der Waals surface area contributed by atoms with Crippen LogP contribution in [-0.2, 0) is 22.7 Å². The van der Waals surface area contributed by atoms with Gasteiger partial charge in [-0.05, 0) is 109 Å². The van der Waals surface area contributed by atoms with Crippen LogP contribution in [0.15, 0.2) is 168 Å². The summed E-state index contributed by atoms with van der Waals surface area (Å²) in [5.74, 6) is -1.12. The third-order valence-corrected chi connectivity index (χ3v) is 13.8. The van der Waals surface area contributed by atoms with Gasteiger partial charge in [0.15, 0.2) is 11.5 Å². The highest BCUT2D eigenvalue weighted by Crippen LogP contribution is 2.39.